The van der Waals surface area contributed by atoms with Gasteiger partial charge in [-0.3, -0.25) is 4.98 Å². The quantitative estimate of drug-likeness (QED) is 0.666. The van der Waals surface area contributed by atoms with E-state index in [4.69, 9.17) is 11.6 Å². The zero-order chi connectivity index (χ0) is 10.3. The highest BCUT2D eigenvalue weighted by molar-refractivity contribution is 14.1. The first-order valence-corrected chi connectivity index (χ1v) is 5.78. The Labute approximate surface area is 102 Å². The second-order valence-corrected chi connectivity index (χ2v) is 4.81. The molecule has 0 N–H and O–H groups in total. The lowest BCUT2D eigenvalue weighted by molar-refractivity contribution is 1.19. The van der Waals surface area contributed by atoms with E-state index in [1.807, 2.05) is 32.0 Å². The average molecular weight is 318 g/mol. The molecule has 0 saturated carbocycles. The van der Waals surface area contributed by atoms with Crippen LogP contribution in [0.3, 0.4) is 0 Å². The Balaban J connectivity index is 2.98. The van der Waals surface area contributed by atoms with Crippen molar-refractivity contribution in [3.8, 4) is 0 Å². The number of hydrogen-bond donors (Lipinski definition) is 0. The van der Waals surface area contributed by atoms with Gasteiger partial charge in [0.2, 0.25) is 0 Å². The average Bonchev–Trinajstić information content (AvgIpc) is 2.17. The third kappa shape index (κ3) is 1.50. The second kappa shape index (κ2) is 3.66. The van der Waals surface area contributed by atoms with Crippen LogP contribution in [-0.4, -0.2) is 4.98 Å². The molecule has 0 radical (unpaired) electrons. The lowest BCUT2D eigenvalue weighted by atomic mass is 10.1. The fourth-order valence-corrected chi connectivity index (χ4v) is 2.33. The highest BCUT2D eigenvalue weighted by atomic mass is 127. The first kappa shape index (κ1) is 10.2. The molecular weight excluding hydrogens is 308 g/mol. The molecule has 1 nitrogen and oxygen atoms in total. The van der Waals surface area contributed by atoms with E-state index in [0.29, 0.717) is 0 Å². The Morgan fingerprint density at radius 2 is 2.00 bits per heavy atom. The van der Waals surface area contributed by atoms with E-state index in [9.17, 15) is 0 Å². The minimum absolute atomic E-state index is 0.825. The van der Waals surface area contributed by atoms with Crippen LogP contribution in [0.15, 0.2) is 18.2 Å². The number of benzene rings is 1. The summed E-state index contributed by atoms with van der Waals surface area (Å²) in [6, 6.07) is 6.06. The van der Waals surface area contributed by atoms with Crippen LogP contribution in [0.5, 0.6) is 0 Å². The molecule has 14 heavy (non-hydrogen) atoms. The largest absolute Gasteiger partial charge is 0.252 e. The van der Waals surface area contributed by atoms with Crippen LogP contribution in [0.1, 0.15) is 11.3 Å². The second-order valence-electron chi connectivity index (χ2n) is 3.27. The summed E-state index contributed by atoms with van der Waals surface area (Å²) >= 11 is 8.54. The van der Waals surface area contributed by atoms with Crippen molar-refractivity contribution < 1.29 is 0 Å². The fourth-order valence-electron chi connectivity index (χ4n) is 1.42. The maximum absolute atomic E-state index is 6.26. The number of para-hydroxylation sites is 1. The van der Waals surface area contributed by atoms with E-state index in [-0.39, 0.29) is 0 Å². The van der Waals surface area contributed by atoms with Crippen molar-refractivity contribution in [2.24, 2.45) is 0 Å². The third-order valence-electron chi connectivity index (χ3n) is 2.37. The molecule has 0 aliphatic carbocycles. The van der Waals surface area contributed by atoms with Crippen LogP contribution < -0.4 is 0 Å². The summed E-state index contributed by atoms with van der Waals surface area (Å²) in [5.74, 6) is 0. The molecule has 3 heteroatoms. The van der Waals surface area contributed by atoms with Gasteiger partial charge in [0.15, 0.2) is 0 Å². The van der Waals surface area contributed by atoms with Gasteiger partial charge in [-0.25, -0.2) is 0 Å². The molecule has 0 aliphatic heterocycles. The maximum Gasteiger partial charge on any atom is 0.0853 e. The Kier molecular flexibility index (Phi) is 2.66. The molecule has 0 spiro atoms. The number of rotatable bonds is 0. The molecule has 1 aromatic heterocycles. The molecule has 0 unspecified atom stereocenters. The van der Waals surface area contributed by atoms with Crippen LogP contribution >= 0.6 is 34.2 Å². The zero-order valence-corrected chi connectivity index (χ0v) is 10.8. The Hall–Kier alpha value is -0.350. The molecular formula is C11H9ClIN. The van der Waals surface area contributed by atoms with Gasteiger partial charge in [-0.2, -0.15) is 0 Å². The molecule has 2 rings (SSSR count). The van der Waals surface area contributed by atoms with Crippen LogP contribution in [0.25, 0.3) is 10.9 Å². The van der Waals surface area contributed by atoms with Gasteiger partial charge >= 0.3 is 0 Å². The molecule has 1 aromatic carbocycles. The number of nitrogens with zero attached hydrogens (tertiary/aromatic N) is 1. The number of aromatic nitrogens is 1. The molecule has 0 saturated heterocycles. The number of halogens is 2. The summed E-state index contributed by atoms with van der Waals surface area (Å²) in [5.41, 5.74) is 3.08. The molecule has 0 atom stereocenters. The predicted octanol–water partition coefficient (Wildman–Crippen LogP) is 4.11. The number of aryl methyl sites for hydroxylation is 1. The minimum atomic E-state index is 0.825. The molecule has 0 fully saturated rings. The molecule has 2 aromatic rings. The lowest BCUT2D eigenvalue weighted by Crippen LogP contribution is -1.92. The maximum atomic E-state index is 6.26. The first-order chi connectivity index (χ1) is 6.61. The number of hydrogen-bond acceptors (Lipinski definition) is 1. The smallest absolute Gasteiger partial charge is 0.0853 e. The summed E-state index contributed by atoms with van der Waals surface area (Å²) in [6.07, 6.45) is 0. The van der Waals surface area contributed by atoms with Crippen LogP contribution in [-0.2, 0) is 0 Å². The molecule has 0 amide bonds. The van der Waals surface area contributed by atoms with E-state index in [2.05, 4.69) is 27.6 Å². The summed E-state index contributed by atoms with van der Waals surface area (Å²) in [5, 5.41) is 1.87. The monoisotopic (exact) mass is 317 g/mol. The Morgan fingerprint density at radius 3 is 2.71 bits per heavy atom. The Bertz CT molecular complexity index is 508. The van der Waals surface area contributed by atoms with E-state index >= 15 is 0 Å². The van der Waals surface area contributed by atoms with Gasteiger partial charge < -0.3 is 0 Å². The number of fused-ring (bicyclic) bond motifs is 1. The summed E-state index contributed by atoms with van der Waals surface area (Å²) in [6.45, 7) is 3.99. The summed E-state index contributed by atoms with van der Waals surface area (Å²) in [4.78, 5) is 4.54. The van der Waals surface area contributed by atoms with Crippen molar-refractivity contribution >= 4 is 45.1 Å². The van der Waals surface area contributed by atoms with Crippen LogP contribution in [0.2, 0.25) is 5.02 Å². The van der Waals surface area contributed by atoms with E-state index in [0.717, 1.165) is 30.8 Å². The van der Waals surface area contributed by atoms with Crippen molar-refractivity contribution in [3.63, 3.8) is 0 Å². The van der Waals surface area contributed by atoms with Gasteiger partial charge in [0.25, 0.3) is 0 Å². The lowest BCUT2D eigenvalue weighted by Gasteiger charge is -2.07. The standard InChI is InChI=1S/C11H9ClIN/c1-6-7(2)14-11-8(10(6)12)4-3-5-9(11)13/h3-5H,1-2H3. The number of pyridine rings is 1. The van der Waals surface area contributed by atoms with Gasteiger partial charge in [0.1, 0.15) is 0 Å². The predicted molar refractivity (Wildman–Crippen MR) is 68.9 cm³/mol. The van der Waals surface area contributed by atoms with Gasteiger partial charge in [-0.15, -0.1) is 0 Å². The van der Waals surface area contributed by atoms with Gasteiger partial charge in [0.05, 0.1) is 10.5 Å². The summed E-state index contributed by atoms with van der Waals surface area (Å²) < 4.78 is 1.14. The van der Waals surface area contributed by atoms with Crippen molar-refractivity contribution in [2.75, 3.05) is 0 Å². The van der Waals surface area contributed by atoms with Crippen LogP contribution in [0.4, 0.5) is 0 Å². The van der Waals surface area contributed by atoms with Crippen molar-refractivity contribution in [3.05, 3.63) is 38.0 Å². The van der Waals surface area contributed by atoms with Gasteiger partial charge in [-0.05, 0) is 48.1 Å². The van der Waals surface area contributed by atoms with E-state index < -0.39 is 0 Å². The first-order valence-electron chi connectivity index (χ1n) is 4.32. The van der Waals surface area contributed by atoms with E-state index in [1.54, 1.807) is 0 Å². The minimum Gasteiger partial charge on any atom is -0.252 e. The zero-order valence-electron chi connectivity index (χ0n) is 7.94. The van der Waals surface area contributed by atoms with Crippen molar-refractivity contribution in [1.82, 2.24) is 4.98 Å². The third-order valence-corrected chi connectivity index (χ3v) is 3.73. The van der Waals surface area contributed by atoms with E-state index in [1.165, 1.54) is 0 Å². The molecule has 0 bridgehead atoms. The van der Waals surface area contributed by atoms with Crippen LogP contribution in [0, 0.1) is 17.4 Å². The normalized spacial score (nSPS) is 10.9. The highest BCUT2D eigenvalue weighted by Gasteiger charge is 2.08. The fraction of sp³-hybridized carbons (Fsp3) is 0.182. The Morgan fingerprint density at radius 1 is 1.29 bits per heavy atom. The van der Waals surface area contributed by atoms with Crippen molar-refractivity contribution in [1.29, 1.82) is 0 Å². The van der Waals surface area contributed by atoms with Gasteiger partial charge in [0, 0.05) is 14.7 Å². The molecule has 72 valence electrons. The van der Waals surface area contributed by atoms with Crippen molar-refractivity contribution in [2.45, 2.75) is 13.8 Å². The molecule has 0 aliphatic rings. The molecule has 1 heterocycles. The SMILES string of the molecule is Cc1nc2c(I)cccc2c(Cl)c1C. The topological polar surface area (TPSA) is 12.9 Å². The summed E-state index contributed by atoms with van der Waals surface area (Å²) in [7, 11) is 0. The highest BCUT2D eigenvalue weighted by Crippen LogP contribution is 2.29. The van der Waals surface area contributed by atoms with Gasteiger partial charge in [-0.1, -0.05) is 23.7 Å².